The van der Waals surface area contributed by atoms with Crippen LogP contribution in [0.5, 0.6) is 5.75 Å². The number of urea groups is 1. The second kappa shape index (κ2) is 8.73. The van der Waals surface area contributed by atoms with Crippen molar-refractivity contribution in [3.8, 4) is 16.9 Å². The standard InChI is InChI=1S/C22H22F2N4O3/c1-2-31-17-6-14(5-16(23)8-17)20(12-29)27-22(30)28-4-3-13-7-18(15-10-25-26-11-15)19(24)9-21(13)28/h5-11,20,29H,2-4,12H2,1H3,(H,25,26)(H,27,30). The zero-order valence-electron chi connectivity index (χ0n) is 16.9. The molecule has 4 rings (SSSR count). The van der Waals surface area contributed by atoms with E-state index in [0.717, 1.165) is 5.56 Å². The van der Waals surface area contributed by atoms with Gasteiger partial charge in [-0.05, 0) is 48.7 Å². The summed E-state index contributed by atoms with van der Waals surface area (Å²) in [6, 6.07) is 5.74. The fourth-order valence-electron chi connectivity index (χ4n) is 3.74. The fourth-order valence-corrected chi connectivity index (χ4v) is 3.74. The first-order valence-electron chi connectivity index (χ1n) is 9.94. The van der Waals surface area contributed by atoms with Gasteiger partial charge in [0.1, 0.15) is 17.4 Å². The van der Waals surface area contributed by atoms with E-state index < -0.39 is 30.3 Å². The Kier molecular flexibility index (Phi) is 5.85. The molecule has 2 heterocycles. The summed E-state index contributed by atoms with van der Waals surface area (Å²) in [5, 5.41) is 19.0. The first kappa shape index (κ1) is 20.8. The van der Waals surface area contributed by atoms with Crippen LogP contribution in [0.25, 0.3) is 11.1 Å². The summed E-state index contributed by atoms with van der Waals surface area (Å²) in [5.41, 5.74) is 2.71. The highest BCUT2D eigenvalue weighted by Gasteiger charge is 2.28. The molecule has 0 saturated carbocycles. The lowest BCUT2D eigenvalue weighted by Crippen LogP contribution is -2.42. The summed E-state index contributed by atoms with van der Waals surface area (Å²) in [6.45, 7) is 2.06. The fraction of sp³-hybridized carbons (Fsp3) is 0.273. The number of anilines is 1. The number of hydrogen-bond acceptors (Lipinski definition) is 4. The van der Waals surface area contributed by atoms with E-state index in [2.05, 4.69) is 15.5 Å². The number of ether oxygens (including phenoxy) is 1. The van der Waals surface area contributed by atoms with Gasteiger partial charge in [-0.2, -0.15) is 5.10 Å². The van der Waals surface area contributed by atoms with Crippen LogP contribution >= 0.6 is 0 Å². The van der Waals surface area contributed by atoms with E-state index in [1.807, 2.05) is 0 Å². The van der Waals surface area contributed by atoms with Crippen LogP contribution in [0, 0.1) is 11.6 Å². The van der Waals surface area contributed by atoms with Gasteiger partial charge >= 0.3 is 6.03 Å². The maximum absolute atomic E-state index is 14.7. The number of hydrogen-bond donors (Lipinski definition) is 3. The van der Waals surface area contributed by atoms with Crippen molar-refractivity contribution in [3.05, 3.63) is 65.5 Å². The average molecular weight is 428 g/mol. The van der Waals surface area contributed by atoms with Gasteiger partial charge in [-0.25, -0.2) is 13.6 Å². The average Bonchev–Trinajstić information content (AvgIpc) is 3.40. The van der Waals surface area contributed by atoms with Gasteiger partial charge in [0.2, 0.25) is 0 Å². The number of aliphatic hydroxyl groups is 1. The number of aromatic nitrogens is 2. The van der Waals surface area contributed by atoms with Gasteiger partial charge in [0.25, 0.3) is 0 Å². The maximum atomic E-state index is 14.7. The summed E-state index contributed by atoms with van der Waals surface area (Å²) in [4.78, 5) is 14.3. The molecule has 0 fully saturated rings. The van der Waals surface area contributed by atoms with Crippen LogP contribution in [-0.2, 0) is 6.42 Å². The van der Waals surface area contributed by atoms with Crippen molar-refractivity contribution in [2.75, 3.05) is 24.7 Å². The lowest BCUT2D eigenvalue weighted by molar-refractivity contribution is 0.221. The molecule has 1 unspecified atom stereocenters. The molecule has 0 radical (unpaired) electrons. The van der Waals surface area contributed by atoms with Gasteiger partial charge in [-0.15, -0.1) is 0 Å². The van der Waals surface area contributed by atoms with Gasteiger partial charge in [0.15, 0.2) is 0 Å². The van der Waals surface area contributed by atoms with E-state index in [1.54, 1.807) is 25.3 Å². The molecule has 3 aromatic rings. The Labute approximate surface area is 177 Å². The van der Waals surface area contributed by atoms with Gasteiger partial charge < -0.3 is 15.2 Å². The van der Waals surface area contributed by atoms with Crippen LogP contribution in [0.15, 0.2) is 42.7 Å². The molecule has 0 aliphatic carbocycles. The third kappa shape index (κ3) is 4.22. The lowest BCUT2D eigenvalue weighted by atomic mass is 10.0. The Morgan fingerprint density at radius 2 is 2.16 bits per heavy atom. The molecule has 0 saturated heterocycles. The van der Waals surface area contributed by atoms with E-state index in [9.17, 15) is 18.7 Å². The van der Waals surface area contributed by atoms with Gasteiger partial charge in [-0.1, -0.05) is 0 Å². The van der Waals surface area contributed by atoms with Crippen LogP contribution < -0.4 is 15.0 Å². The Morgan fingerprint density at radius 3 is 2.87 bits per heavy atom. The number of aliphatic hydroxyl groups excluding tert-OH is 1. The van der Waals surface area contributed by atoms with Crippen molar-refractivity contribution in [2.45, 2.75) is 19.4 Å². The van der Waals surface area contributed by atoms with Crippen molar-refractivity contribution < 1.29 is 23.4 Å². The highest BCUT2D eigenvalue weighted by molar-refractivity contribution is 5.95. The monoisotopic (exact) mass is 428 g/mol. The van der Waals surface area contributed by atoms with Crippen molar-refractivity contribution >= 4 is 11.7 Å². The zero-order chi connectivity index (χ0) is 22.0. The number of aromatic amines is 1. The van der Waals surface area contributed by atoms with Gasteiger partial charge in [-0.3, -0.25) is 10.00 Å². The lowest BCUT2D eigenvalue weighted by Gasteiger charge is -2.23. The highest BCUT2D eigenvalue weighted by atomic mass is 19.1. The number of carbonyl (C=O) groups excluding carboxylic acids is 1. The third-order valence-electron chi connectivity index (χ3n) is 5.21. The zero-order valence-corrected chi connectivity index (χ0v) is 16.9. The normalized spacial score (nSPS) is 13.7. The molecule has 1 aromatic heterocycles. The minimum atomic E-state index is -0.846. The summed E-state index contributed by atoms with van der Waals surface area (Å²) < 4.78 is 34.0. The number of nitrogens with one attached hydrogen (secondary N) is 2. The maximum Gasteiger partial charge on any atom is 0.322 e. The SMILES string of the molecule is CCOc1cc(F)cc(C(CO)NC(=O)N2CCc3cc(-c4cn[nH]c4)c(F)cc32)c1. The van der Waals surface area contributed by atoms with Crippen LogP contribution in [0.4, 0.5) is 19.3 Å². The number of benzene rings is 2. The van der Waals surface area contributed by atoms with Crippen molar-refractivity contribution in [3.63, 3.8) is 0 Å². The Morgan fingerprint density at radius 1 is 1.32 bits per heavy atom. The molecular formula is C22H22F2N4O3. The Balaban J connectivity index is 1.55. The van der Waals surface area contributed by atoms with Crippen LogP contribution in [-0.4, -0.2) is 41.1 Å². The highest BCUT2D eigenvalue weighted by Crippen LogP contribution is 2.34. The summed E-state index contributed by atoms with van der Waals surface area (Å²) >= 11 is 0. The van der Waals surface area contributed by atoms with E-state index in [1.165, 1.54) is 29.3 Å². The molecule has 2 amide bonds. The van der Waals surface area contributed by atoms with Crippen LogP contribution in [0.3, 0.4) is 0 Å². The molecule has 31 heavy (non-hydrogen) atoms. The van der Waals surface area contributed by atoms with Gasteiger partial charge in [0, 0.05) is 29.9 Å². The molecule has 3 N–H and O–H groups in total. The molecule has 1 aliphatic heterocycles. The first-order chi connectivity index (χ1) is 15.0. The minimum absolute atomic E-state index is 0.311. The number of H-pyrrole nitrogens is 1. The van der Waals surface area contributed by atoms with E-state index in [4.69, 9.17) is 4.74 Å². The quantitative estimate of drug-likeness (QED) is 0.560. The van der Waals surface area contributed by atoms with Crippen molar-refractivity contribution in [1.29, 1.82) is 0 Å². The number of halogens is 2. The summed E-state index contributed by atoms with van der Waals surface area (Å²) in [7, 11) is 0. The molecule has 162 valence electrons. The molecular weight excluding hydrogens is 406 g/mol. The molecule has 7 nitrogen and oxygen atoms in total. The third-order valence-corrected chi connectivity index (χ3v) is 5.21. The Bertz CT molecular complexity index is 1090. The van der Waals surface area contributed by atoms with Crippen LogP contribution in [0.1, 0.15) is 24.1 Å². The minimum Gasteiger partial charge on any atom is -0.494 e. The molecule has 0 bridgehead atoms. The topological polar surface area (TPSA) is 90.5 Å². The molecule has 1 aliphatic rings. The number of fused-ring (bicyclic) bond motifs is 1. The Hall–Kier alpha value is -3.46. The number of rotatable bonds is 6. The summed E-state index contributed by atoms with van der Waals surface area (Å²) in [6.07, 6.45) is 3.70. The molecule has 9 heteroatoms. The first-order valence-corrected chi connectivity index (χ1v) is 9.94. The largest absolute Gasteiger partial charge is 0.494 e. The van der Waals surface area contributed by atoms with Crippen molar-refractivity contribution in [1.82, 2.24) is 15.5 Å². The van der Waals surface area contributed by atoms with E-state index >= 15 is 0 Å². The van der Waals surface area contributed by atoms with Crippen LogP contribution in [0.2, 0.25) is 0 Å². The van der Waals surface area contributed by atoms with Crippen molar-refractivity contribution in [2.24, 2.45) is 0 Å². The smallest absolute Gasteiger partial charge is 0.322 e. The second-order valence-corrected chi connectivity index (χ2v) is 7.19. The molecule has 0 spiro atoms. The van der Waals surface area contributed by atoms with Gasteiger partial charge in [0.05, 0.1) is 31.1 Å². The van der Waals surface area contributed by atoms with E-state index in [0.29, 0.717) is 47.7 Å². The summed E-state index contributed by atoms with van der Waals surface area (Å²) in [5.74, 6) is -0.690. The number of carbonyl (C=O) groups is 1. The predicted molar refractivity (Wildman–Crippen MR) is 111 cm³/mol. The molecule has 2 aromatic carbocycles. The number of amides is 2. The second-order valence-electron chi connectivity index (χ2n) is 7.19. The predicted octanol–water partition coefficient (Wildman–Crippen LogP) is 3.56. The van der Waals surface area contributed by atoms with E-state index in [-0.39, 0.29) is 0 Å². The molecule has 1 atom stereocenters. The number of nitrogens with zero attached hydrogens (tertiary/aromatic N) is 2.